The number of hydrogen-bond acceptors (Lipinski definition) is 5. The number of thioether (sulfide) groups is 2. The van der Waals surface area contributed by atoms with E-state index in [1.807, 2.05) is 36.0 Å². The van der Waals surface area contributed by atoms with E-state index in [1.54, 1.807) is 4.31 Å². The molecule has 0 spiro atoms. The van der Waals surface area contributed by atoms with Crippen LogP contribution in [0.25, 0.3) is 0 Å². The number of anilines is 1. The van der Waals surface area contributed by atoms with Crippen molar-refractivity contribution in [2.75, 3.05) is 41.8 Å². The van der Waals surface area contributed by atoms with Crippen LogP contribution in [0.4, 0.5) is 5.69 Å². The Hall–Kier alpha value is -0.370. The van der Waals surface area contributed by atoms with Gasteiger partial charge >= 0.3 is 0 Å². The van der Waals surface area contributed by atoms with Crippen molar-refractivity contribution in [2.24, 2.45) is 0 Å². The first-order chi connectivity index (χ1) is 9.09. The van der Waals surface area contributed by atoms with Gasteiger partial charge in [-0.25, -0.2) is 12.7 Å². The normalized spacial score (nSPS) is 17.5. The van der Waals surface area contributed by atoms with Crippen molar-refractivity contribution in [3.05, 3.63) is 24.3 Å². The first-order valence-electron chi connectivity index (χ1n) is 6.12. The molecule has 1 aliphatic rings. The Bertz CT molecular complexity index is 513. The number of nitrogens with two attached hydrogens (primary N) is 1. The molecule has 1 fully saturated rings. The van der Waals surface area contributed by atoms with Gasteiger partial charge in [0.15, 0.2) is 0 Å². The quantitative estimate of drug-likeness (QED) is 0.662. The summed E-state index contributed by atoms with van der Waals surface area (Å²) in [5, 5.41) is 0. The lowest BCUT2D eigenvalue weighted by molar-refractivity contribution is 0.445. The molecule has 106 valence electrons. The molecule has 0 radical (unpaired) electrons. The molecule has 1 aliphatic heterocycles. The maximum atomic E-state index is 12.1. The van der Waals surface area contributed by atoms with Gasteiger partial charge in [-0.2, -0.15) is 11.8 Å². The summed E-state index contributed by atoms with van der Waals surface area (Å²) in [6.45, 7) is 1.29. The number of sulfonamides is 1. The molecule has 2 rings (SSSR count). The monoisotopic (exact) mass is 318 g/mol. The second kappa shape index (κ2) is 6.88. The van der Waals surface area contributed by atoms with Crippen LogP contribution in [0.5, 0.6) is 0 Å². The highest BCUT2D eigenvalue weighted by atomic mass is 32.2. The van der Waals surface area contributed by atoms with Gasteiger partial charge in [-0.3, -0.25) is 0 Å². The summed E-state index contributed by atoms with van der Waals surface area (Å²) in [7, 11) is -3.11. The summed E-state index contributed by atoms with van der Waals surface area (Å²) >= 11 is 3.31. The molecule has 0 aromatic heterocycles. The Morgan fingerprint density at radius 3 is 2.63 bits per heavy atom. The first-order valence-corrected chi connectivity index (χ1v) is 9.87. The van der Waals surface area contributed by atoms with Crippen LogP contribution >= 0.6 is 23.5 Å². The third-order valence-corrected chi connectivity index (χ3v) is 7.05. The van der Waals surface area contributed by atoms with Crippen LogP contribution in [0.15, 0.2) is 29.2 Å². The summed E-state index contributed by atoms with van der Waals surface area (Å²) in [6, 6.07) is 7.54. The van der Waals surface area contributed by atoms with Crippen LogP contribution in [0.3, 0.4) is 0 Å². The summed E-state index contributed by atoms with van der Waals surface area (Å²) in [4.78, 5) is 0.951. The molecule has 4 nitrogen and oxygen atoms in total. The molecule has 0 unspecified atom stereocenters. The van der Waals surface area contributed by atoms with Crippen molar-refractivity contribution >= 4 is 39.2 Å². The Labute approximate surface area is 123 Å². The van der Waals surface area contributed by atoms with Gasteiger partial charge in [0.05, 0.1) is 5.75 Å². The molecule has 0 saturated carbocycles. The van der Waals surface area contributed by atoms with E-state index in [2.05, 4.69) is 0 Å². The molecular formula is C12H18N2O2S3. The smallest absolute Gasteiger partial charge is 0.214 e. The SMILES string of the molecule is Nc1ccccc1SCCS(=O)(=O)N1CCSCC1. The summed E-state index contributed by atoms with van der Waals surface area (Å²) < 4.78 is 25.9. The van der Waals surface area contributed by atoms with Gasteiger partial charge in [0.2, 0.25) is 10.0 Å². The molecule has 1 heterocycles. The zero-order valence-electron chi connectivity index (χ0n) is 10.6. The predicted octanol–water partition coefficient (Wildman–Crippen LogP) is 1.74. The van der Waals surface area contributed by atoms with Crippen LogP contribution in [0, 0.1) is 0 Å². The molecule has 7 heteroatoms. The van der Waals surface area contributed by atoms with E-state index < -0.39 is 10.0 Å². The fraction of sp³-hybridized carbons (Fsp3) is 0.500. The molecule has 1 aromatic rings. The largest absolute Gasteiger partial charge is 0.398 e. The van der Waals surface area contributed by atoms with Gasteiger partial charge < -0.3 is 5.73 Å². The minimum absolute atomic E-state index is 0.177. The lowest BCUT2D eigenvalue weighted by atomic mass is 10.3. The molecule has 1 aromatic carbocycles. The highest BCUT2D eigenvalue weighted by Gasteiger charge is 2.23. The molecule has 0 bridgehead atoms. The highest BCUT2D eigenvalue weighted by molar-refractivity contribution is 8.00. The standard InChI is InChI=1S/C12H18N2O2S3/c13-11-3-1-2-4-12(11)18-9-10-19(15,16)14-5-7-17-8-6-14/h1-4H,5-10,13H2. The Morgan fingerprint density at radius 1 is 1.26 bits per heavy atom. The maximum absolute atomic E-state index is 12.1. The number of hydrogen-bond donors (Lipinski definition) is 1. The van der Waals surface area contributed by atoms with Crippen LogP contribution in [-0.2, 0) is 10.0 Å². The van der Waals surface area contributed by atoms with Crippen molar-refractivity contribution in [3.63, 3.8) is 0 Å². The van der Waals surface area contributed by atoms with Gasteiger partial charge in [0.1, 0.15) is 0 Å². The first kappa shape index (κ1) is 15.0. The van der Waals surface area contributed by atoms with Gasteiger partial charge in [-0.05, 0) is 12.1 Å². The van der Waals surface area contributed by atoms with Gasteiger partial charge in [-0.15, -0.1) is 11.8 Å². The number of nitrogens with zero attached hydrogens (tertiary/aromatic N) is 1. The van der Waals surface area contributed by atoms with E-state index in [0.29, 0.717) is 24.5 Å². The highest BCUT2D eigenvalue weighted by Crippen LogP contribution is 2.25. The van der Waals surface area contributed by atoms with Crippen LogP contribution in [-0.4, -0.2) is 48.8 Å². The molecular weight excluding hydrogens is 300 g/mol. The van der Waals surface area contributed by atoms with E-state index >= 15 is 0 Å². The number of nitrogen functional groups attached to an aromatic ring is 1. The second-order valence-electron chi connectivity index (χ2n) is 4.21. The van der Waals surface area contributed by atoms with Gasteiger partial charge in [-0.1, -0.05) is 12.1 Å². The zero-order chi connectivity index (χ0) is 13.7. The van der Waals surface area contributed by atoms with Crippen LogP contribution < -0.4 is 5.73 Å². The molecule has 2 N–H and O–H groups in total. The minimum atomic E-state index is -3.11. The third-order valence-electron chi connectivity index (χ3n) is 2.88. The Balaban J connectivity index is 1.86. The van der Waals surface area contributed by atoms with Crippen molar-refractivity contribution in [1.29, 1.82) is 0 Å². The summed E-state index contributed by atoms with van der Waals surface area (Å²) in [5.41, 5.74) is 6.54. The molecule has 19 heavy (non-hydrogen) atoms. The van der Waals surface area contributed by atoms with Crippen molar-refractivity contribution in [1.82, 2.24) is 4.31 Å². The Morgan fingerprint density at radius 2 is 1.95 bits per heavy atom. The van der Waals surface area contributed by atoms with E-state index in [1.165, 1.54) is 11.8 Å². The lowest BCUT2D eigenvalue weighted by Crippen LogP contribution is -2.39. The van der Waals surface area contributed by atoms with E-state index in [0.717, 1.165) is 16.4 Å². The molecule has 0 amide bonds. The van der Waals surface area contributed by atoms with E-state index in [9.17, 15) is 8.42 Å². The number of benzene rings is 1. The van der Waals surface area contributed by atoms with Gasteiger partial charge in [0.25, 0.3) is 0 Å². The second-order valence-corrected chi connectivity index (χ2v) is 8.66. The molecule has 0 aliphatic carbocycles. The van der Waals surface area contributed by atoms with Crippen molar-refractivity contribution in [3.8, 4) is 0 Å². The minimum Gasteiger partial charge on any atom is -0.398 e. The summed E-state index contributed by atoms with van der Waals surface area (Å²) in [6.07, 6.45) is 0. The van der Waals surface area contributed by atoms with E-state index in [4.69, 9.17) is 5.73 Å². The van der Waals surface area contributed by atoms with Crippen LogP contribution in [0.2, 0.25) is 0 Å². The average molecular weight is 318 g/mol. The van der Waals surface area contributed by atoms with Crippen molar-refractivity contribution < 1.29 is 8.42 Å². The maximum Gasteiger partial charge on any atom is 0.214 e. The fourth-order valence-corrected chi connectivity index (χ4v) is 5.76. The zero-order valence-corrected chi connectivity index (χ0v) is 13.1. The molecule has 0 atom stereocenters. The number of rotatable bonds is 5. The number of para-hydroxylation sites is 1. The predicted molar refractivity (Wildman–Crippen MR) is 84.3 cm³/mol. The van der Waals surface area contributed by atoms with Crippen LogP contribution in [0.1, 0.15) is 0 Å². The van der Waals surface area contributed by atoms with Gasteiger partial charge in [0, 0.05) is 40.9 Å². The molecule has 1 saturated heterocycles. The third kappa shape index (κ3) is 4.30. The Kier molecular flexibility index (Phi) is 5.44. The van der Waals surface area contributed by atoms with Crippen molar-refractivity contribution in [2.45, 2.75) is 4.90 Å². The fourth-order valence-electron chi connectivity index (χ4n) is 1.82. The average Bonchev–Trinajstić information content (AvgIpc) is 2.42. The topological polar surface area (TPSA) is 63.4 Å². The lowest BCUT2D eigenvalue weighted by Gasteiger charge is -2.25. The van der Waals surface area contributed by atoms with E-state index in [-0.39, 0.29) is 5.75 Å². The summed E-state index contributed by atoms with van der Waals surface area (Å²) in [5.74, 6) is 2.52.